The van der Waals surface area contributed by atoms with Gasteiger partial charge in [-0.3, -0.25) is 14.4 Å². The van der Waals surface area contributed by atoms with Gasteiger partial charge in [0.15, 0.2) is 5.72 Å². The summed E-state index contributed by atoms with van der Waals surface area (Å²) >= 11 is 0. The molecule has 2 fully saturated rings. The van der Waals surface area contributed by atoms with Crippen LogP contribution < -0.4 is 15.4 Å². The van der Waals surface area contributed by atoms with E-state index in [9.17, 15) is 14.4 Å². The molecule has 1 aromatic rings. The van der Waals surface area contributed by atoms with E-state index in [0.717, 1.165) is 19.3 Å². The van der Waals surface area contributed by atoms with Crippen LogP contribution in [0.4, 0.5) is 0 Å². The molecule has 3 amide bonds. The van der Waals surface area contributed by atoms with Crippen molar-refractivity contribution in [1.82, 2.24) is 15.5 Å². The number of hydrogen-bond acceptors (Lipinski definition) is 4. The normalized spacial score (nSPS) is 26.3. The van der Waals surface area contributed by atoms with Crippen LogP contribution in [0.3, 0.4) is 0 Å². The van der Waals surface area contributed by atoms with Gasteiger partial charge in [0.2, 0.25) is 11.8 Å². The van der Waals surface area contributed by atoms with Gasteiger partial charge in [0.1, 0.15) is 11.8 Å². The third-order valence-corrected chi connectivity index (χ3v) is 5.90. The van der Waals surface area contributed by atoms with Crippen molar-refractivity contribution >= 4 is 17.7 Å². The monoisotopic (exact) mass is 371 g/mol. The minimum Gasteiger partial charge on any atom is -0.467 e. The Bertz CT molecular complexity index is 776. The lowest BCUT2D eigenvalue weighted by Crippen LogP contribution is -2.56. The zero-order chi connectivity index (χ0) is 19.0. The molecule has 2 heterocycles. The van der Waals surface area contributed by atoms with Gasteiger partial charge in [-0.2, -0.15) is 0 Å². The van der Waals surface area contributed by atoms with E-state index >= 15 is 0 Å². The fourth-order valence-electron chi connectivity index (χ4n) is 3.91. The number of rotatable bonds is 3. The van der Waals surface area contributed by atoms with Crippen LogP contribution in [0.5, 0.6) is 5.75 Å². The predicted molar refractivity (Wildman–Crippen MR) is 98.1 cm³/mol. The molecule has 0 unspecified atom stereocenters. The van der Waals surface area contributed by atoms with Gasteiger partial charge in [-0.1, -0.05) is 12.1 Å². The smallest absolute Gasteiger partial charge is 0.258 e. The average Bonchev–Trinajstić information content (AvgIpc) is 2.77. The van der Waals surface area contributed by atoms with E-state index in [0.29, 0.717) is 30.7 Å². The summed E-state index contributed by atoms with van der Waals surface area (Å²) in [6.45, 7) is 2.13. The largest absolute Gasteiger partial charge is 0.467 e. The molecule has 2 atom stereocenters. The molecule has 4 rings (SSSR count). The van der Waals surface area contributed by atoms with Crippen molar-refractivity contribution in [2.45, 2.75) is 63.3 Å². The van der Waals surface area contributed by atoms with Crippen LogP contribution in [0.15, 0.2) is 24.3 Å². The Kier molecular flexibility index (Phi) is 4.53. The van der Waals surface area contributed by atoms with Crippen molar-refractivity contribution in [2.75, 3.05) is 6.54 Å². The number of likely N-dealkylation sites (tertiary alicyclic amines) is 1. The Morgan fingerprint density at radius 1 is 1.30 bits per heavy atom. The van der Waals surface area contributed by atoms with Gasteiger partial charge < -0.3 is 20.3 Å². The van der Waals surface area contributed by atoms with Crippen molar-refractivity contribution in [3.63, 3.8) is 0 Å². The first kappa shape index (κ1) is 17.8. The van der Waals surface area contributed by atoms with Gasteiger partial charge in [-0.15, -0.1) is 0 Å². The van der Waals surface area contributed by atoms with Gasteiger partial charge in [-0.25, -0.2) is 0 Å². The van der Waals surface area contributed by atoms with Gasteiger partial charge in [0.25, 0.3) is 5.91 Å². The van der Waals surface area contributed by atoms with Crippen LogP contribution in [0.1, 0.15) is 55.8 Å². The third-order valence-electron chi connectivity index (χ3n) is 5.90. The maximum absolute atomic E-state index is 12.7. The summed E-state index contributed by atoms with van der Waals surface area (Å²) < 4.78 is 6.13. The highest BCUT2D eigenvalue weighted by Gasteiger charge is 2.43. The number of benzene rings is 1. The fourth-order valence-corrected chi connectivity index (χ4v) is 3.91. The van der Waals surface area contributed by atoms with Gasteiger partial charge in [0, 0.05) is 31.8 Å². The van der Waals surface area contributed by atoms with E-state index in [4.69, 9.17) is 4.74 Å². The van der Waals surface area contributed by atoms with Crippen molar-refractivity contribution in [1.29, 1.82) is 0 Å². The van der Waals surface area contributed by atoms with Gasteiger partial charge >= 0.3 is 0 Å². The molecule has 2 N–H and O–H groups in total. The van der Waals surface area contributed by atoms with Crippen molar-refractivity contribution in [3.8, 4) is 5.75 Å². The molecule has 1 aliphatic carbocycles. The summed E-state index contributed by atoms with van der Waals surface area (Å²) in [5.74, 6) is 0.161. The Labute approximate surface area is 158 Å². The fraction of sp³-hybridized carbons (Fsp3) is 0.550. The molecule has 3 aliphatic rings. The number of nitrogens with zero attached hydrogens (tertiary/aromatic N) is 1. The molecule has 144 valence electrons. The van der Waals surface area contributed by atoms with E-state index in [-0.39, 0.29) is 30.2 Å². The highest BCUT2D eigenvalue weighted by atomic mass is 16.5. The molecule has 1 saturated heterocycles. The summed E-state index contributed by atoms with van der Waals surface area (Å²) in [7, 11) is 0. The van der Waals surface area contributed by atoms with Crippen LogP contribution >= 0.6 is 0 Å². The first-order valence-corrected chi connectivity index (χ1v) is 9.68. The second-order valence-electron chi connectivity index (χ2n) is 7.70. The molecular formula is C20H25N3O4. The Hall–Kier alpha value is -2.57. The highest BCUT2D eigenvalue weighted by molar-refractivity contribution is 5.98. The second kappa shape index (κ2) is 6.87. The SMILES string of the molecule is C[C@H](C(=O)NC1CCC1)N1CC[C@@]2(CCC1=O)NC(=O)c1ccccc1O2. The summed E-state index contributed by atoms with van der Waals surface area (Å²) in [4.78, 5) is 39.2. The molecule has 27 heavy (non-hydrogen) atoms. The standard InChI is InChI=1S/C20H25N3O4/c1-13(18(25)21-14-5-4-6-14)23-12-11-20(10-9-17(23)24)22-19(26)15-7-2-3-8-16(15)27-20/h2-3,7-8,13-14H,4-6,9-12H2,1H3,(H,21,25)(H,22,26)/t13-,20+/m1/s1. The van der Waals surface area contributed by atoms with Gasteiger partial charge in [0.05, 0.1) is 5.56 Å². The lowest BCUT2D eigenvalue weighted by molar-refractivity contribution is -0.139. The van der Waals surface area contributed by atoms with Crippen molar-refractivity contribution in [3.05, 3.63) is 29.8 Å². The van der Waals surface area contributed by atoms with E-state index in [2.05, 4.69) is 10.6 Å². The average molecular weight is 371 g/mol. The maximum atomic E-state index is 12.7. The number of amides is 3. The van der Waals surface area contributed by atoms with Crippen molar-refractivity contribution in [2.24, 2.45) is 0 Å². The van der Waals surface area contributed by atoms with E-state index < -0.39 is 11.8 Å². The summed E-state index contributed by atoms with van der Waals surface area (Å²) in [6, 6.07) is 6.82. The lowest BCUT2D eigenvalue weighted by atomic mass is 9.93. The van der Waals surface area contributed by atoms with Crippen LogP contribution in [-0.2, 0) is 9.59 Å². The minimum atomic E-state index is -0.903. The van der Waals surface area contributed by atoms with Crippen molar-refractivity contribution < 1.29 is 19.1 Å². The molecule has 0 radical (unpaired) electrons. The molecular weight excluding hydrogens is 346 g/mol. The van der Waals surface area contributed by atoms with Gasteiger partial charge in [-0.05, 0) is 38.3 Å². The van der Waals surface area contributed by atoms with Crippen LogP contribution in [0.25, 0.3) is 0 Å². The van der Waals surface area contributed by atoms with Crippen LogP contribution in [0.2, 0.25) is 0 Å². The van der Waals surface area contributed by atoms with E-state index in [1.54, 1.807) is 30.0 Å². The zero-order valence-electron chi connectivity index (χ0n) is 15.5. The number of hydrogen-bond donors (Lipinski definition) is 2. The third kappa shape index (κ3) is 3.38. The maximum Gasteiger partial charge on any atom is 0.258 e. The topological polar surface area (TPSA) is 87.7 Å². The molecule has 1 aromatic carbocycles. The van der Waals surface area contributed by atoms with Crippen LogP contribution in [0, 0.1) is 0 Å². The molecule has 7 heteroatoms. The summed E-state index contributed by atoms with van der Waals surface area (Å²) in [5.41, 5.74) is -0.399. The lowest BCUT2D eigenvalue weighted by Gasteiger charge is -2.38. The highest BCUT2D eigenvalue weighted by Crippen LogP contribution is 2.34. The second-order valence-corrected chi connectivity index (χ2v) is 7.70. The quantitative estimate of drug-likeness (QED) is 0.844. The van der Waals surface area contributed by atoms with Crippen LogP contribution in [-0.4, -0.2) is 47.0 Å². The Morgan fingerprint density at radius 2 is 2.07 bits per heavy atom. The Balaban J connectivity index is 1.47. The number of fused-ring (bicyclic) bond motifs is 1. The number of nitrogens with one attached hydrogen (secondary N) is 2. The molecule has 1 saturated carbocycles. The number of para-hydroxylation sites is 1. The number of ether oxygens (including phenoxy) is 1. The molecule has 1 spiro atoms. The number of carbonyl (C=O) groups excluding carboxylic acids is 3. The molecule has 0 aromatic heterocycles. The summed E-state index contributed by atoms with van der Waals surface area (Å²) in [6.07, 6.45) is 4.22. The predicted octanol–water partition coefficient (Wildman–Crippen LogP) is 1.57. The molecule has 7 nitrogen and oxygen atoms in total. The zero-order valence-corrected chi connectivity index (χ0v) is 15.5. The van der Waals surface area contributed by atoms with E-state index in [1.807, 2.05) is 6.07 Å². The van der Waals surface area contributed by atoms with E-state index in [1.165, 1.54) is 0 Å². The molecule has 0 bridgehead atoms. The first-order chi connectivity index (χ1) is 13.0. The minimum absolute atomic E-state index is 0.0835. The molecule has 2 aliphatic heterocycles. The summed E-state index contributed by atoms with van der Waals surface area (Å²) in [5, 5.41) is 5.96. The first-order valence-electron chi connectivity index (χ1n) is 9.68. The number of carbonyl (C=O) groups is 3. The Morgan fingerprint density at radius 3 is 2.81 bits per heavy atom.